The van der Waals surface area contributed by atoms with Crippen molar-refractivity contribution in [3.63, 3.8) is 0 Å². The van der Waals surface area contributed by atoms with Crippen molar-refractivity contribution in [3.05, 3.63) is 34.8 Å². The zero-order chi connectivity index (χ0) is 12.6. The van der Waals surface area contributed by atoms with Crippen LogP contribution >= 0.6 is 11.3 Å². The quantitative estimate of drug-likeness (QED) is 0.795. The minimum absolute atomic E-state index is 0.176. The predicted molar refractivity (Wildman–Crippen MR) is 68.3 cm³/mol. The summed E-state index contributed by atoms with van der Waals surface area (Å²) in [4.78, 5) is 20.6. The first-order valence-electron chi connectivity index (χ1n) is 5.72. The van der Waals surface area contributed by atoms with Crippen molar-refractivity contribution in [2.45, 2.75) is 18.3 Å². The molecule has 2 aromatic rings. The predicted octanol–water partition coefficient (Wildman–Crippen LogP) is 2.41. The molecule has 1 fully saturated rings. The molecule has 0 bridgehead atoms. The van der Waals surface area contributed by atoms with E-state index in [1.165, 1.54) is 18.4 Å². The van der Waals surface area contributed by atoms with Crippen LogP contribution in [0, 0.1) is 0 Å². The number of hydrogen-bond donors (Lipinski definition) is 0. The number of hydrogen-bond acceptors (Lipinski definition) is 5. The molecule has 1 saturated carbocycles. The van der Waals surface area contributed by atoms with Gasteiger partial charge in [0, 0.05) is 11.6 Å². The Balaban J connectivity index is 1.94. The number of nitrogens with zero attached hydrogens (tertiary/aromatic N) is 2. The highest BCUT2D eigenvalue weighted by Crippen LogP contribution is 2.50. The van der Waals surface area contributed by atoms with Gasteiger partial charge in [0.2, 0.25) is 0 Å². The fourth-order valence-corrected chi connectivity index (χ4v) is 3.01. The lowest BCUT2D eigenvalue weighted by Gasteiger charge is -2.08. The standard InChI is InChI=1S/C13H12N2O2S/c1-17-12(16)13(5-6-13)11-15-10(8-18-11)9-4-2-3-7-14-9/h2-4,7-8H,5-6H2,1H3. The second kappa shape index (κ2) is 4.17. The molecule has 18 heavy (non-hydrogen) atoms. The Morgan fingerprint density at radius 3 is 2.83 bits per heavy atom. The zero-order valence-corrected chi connectivity index (χ0v) is 10.7. The van der Waals surface area contributed by atoms with E-state index in [4.69, 9.17) is 4.74 Å². The molecule has 3 rings (SSSR count). The number of thiazole rings is 1. The van der Waals surface area contributed by atoms with Gasteiger partial charge >= 0.3 is 5.97 Å². The monoisotopic (exact) mass is 260 g/mol. The number of aromatic nitrogens is 2. The molecule has 92 valence electrons. The zero-order valence-electron chi connectivity index (χ0n) is 9.92. The van der Waals surface area contributed by atoms with Crippen LogP contribution < -0.4 is 0 Å². The molecular weight excluding hydrogens is 248 g/mol. The van der Waals surface area contributed by atoms with Crippen LogP contribution in [-0.4, -0.2) is 23.0 Å². The Kier molecular flexibility index (Phi) is 2.63. The normalized spacial score (nSPS) is 16.3. The first-order chi connectivity index (χ1) is 8.76. The highest BCUT2D eigenvalue weighted by atomic mass is 32.1. The van der Waals surface area contributed by atoms with Crippen LogP contribution in [0.5, 0.6) is 0 Å². The van der Waals surface area contributed by atoms with E-state index in [-0.39, 0.29) is 5.97 Å². The first-order valence-corrected chi connectivity index (χ1v) is 6.60. The molecule has 0 unspecified atom stereocenters. The van der Waals surface area contributed by atoms with Gasteiger partial charge in [0.25, 0.3) is 0 Å². The van der Waals surface area contributed by atoms with Crippen LogP contribution in [-0.2, 0) is 14.9 Å². The Morgan fingerprint density at radius 1 is 1.39 bits per heavy atom. The summed E-state index contributed by atoms with van der Waals surface area (Å²) in [7, 11) is 1.43. The van der Waals surface area contributed by atoms with Gasteiger partial charge in [-0.3, -0.25) is 9.78 Å². The summed E-state index contributed by atoms with van der Waals surface area (Å²) in [5.41, 5.74) is 1.18. The van der Waals surface area contributed by atoms with Crippen LogP contribution in [0.4, 0.5) is 0 Å². The van der Waals surface area contributed by atoms with Gasteiger partial charge < -0.3 is 4.74 Å². The third-order valence-electron chi connectivity index (χ3n) is 3.17. The Hall–Kier alpha value is -1.75. The van der Waals surface area contributed by atoms with Crippen LogP contribution in [0.25, 0.3) is 11.4 Å². The Bertz CT molecular complexity index is 576. The summed E-state index contributed by atoms with van der Waals surface area (Å²) < 4.78 is 4.86. The maximum atomic E-state index is 11.8. The second-order valence-electron chi connectivity index (χ2n) is 4.33. The van der Waals surface area contributed by atoms with Gasteiger partial charge in [-0.15, -0.1) is 11.3 Å². The number of carbonyl (C=O) groups is 1. The molecular formula is C13H12N2O2S. The highest BCUT2D eigenvalue weighted by molar-refractivity contribution is 7.10. The molecule has 1 aliphatic rings. The van der Waals surface area contributed by atoms with E-state index in [9.17, 15) is 4.79 Å². The highest BCUT2D eigenvalue weighted by Gasteiger charge is 2.55. The molecule has 0 spiro atoms. The van der Waals surface area contributed by atoms with Gasteiger partial charge in [0.05, 0.1) is 18.5 Å². The topological polar surface area (TPSA) is 52.1 Å². The van der Waals surface area contributed by atoms with E-state index in [0.29, 0.717) is 0 Å². The van der Waals surface area contributed by atoms with Crippen LogP contribution in [0.3, 0.4) is 0 Å². The average Bonchev–Trinajstić information content (AvgIpc) is 3.09. The van der Waals surface area contributed by atoms with Crippen molar-refractivity contribution in [1.82, 2.24) is 9.97 Å². The molecule has 0 aliphatic heterocycles. The van der Waals surface area contributed by atoms with E-state index in [0.717, 1.165) is 29.2 Å². The van der Waals surface area contributed by atoms with Crippen molar-refractivity contribution in [1.29, 1.82) is 0 Å². The van der Waals surface area contributed by atoms with E-state index in [1.54, 1.807) is 6.20 Å². The van der Waals surface area contributed by atoms with Crippen LogP contribution in [0.1, 0.15) is 17.8 Å². The number of methoxy groups -OCH3 is 1. The minimum Gasteiger partial charge on any atom is -0.468 e. The van der Waals surface area contributed by atoms with E-state index in [1.807, 2.05) is 23.6 Å². The van der Waals surface area contributed by atoms with Gasteiger partial charge in [-0.1, -0.05) is 6.07 Å². The molecule has 1 aliphatic carbocycles. The molecule has 0 radical (unpaired) electrons. The number of pyridine rings is 1. The van der Waals surface area contributed by atoms with Crippen molar-refractivity contribution in [2.75, 3.05) is 7.11 Å². The summed E-state index contributed by atoms with van der Waals surface area (Å²) in [5, 5.41) is 2.79. The van der Waals surface area contributed by atoms with Crippen LogP contribution in [0.15, 0.2) is 29.8 Å². The van der Waals surface area contributed by atoms with Crippen molar-refractivity contribution in [2.24, 2.45) is 0 Å². The van der Waals surface area contributed by atoms with E-state index in [2.05, 4.69) is 9.97 Å². The summed E-state index contributed by atoms with van der Waals surface area (Å²) in [5.74, 6) is -0.176. The van der Waals surface area contributed by atoms with Gasteiger partial charge in [0.1, 0.15) is 10.4 Å². The molecule has 5 heteroatoms. The Labute approximate surface area is 109 Å². The van der Waals surface area contributed by atoms with Gasteiger partial charge in [-0.25, -0.2) is 4.98 Å². The lowest BCUT2D eigenvalue weighted by molar-refractivity contribution is -0.143. The first kappa shape index (κ1) is 11.3. The molecule has 0 N–H and O–H groups in total. The van der Waals surface area contributed by atoms with Gasteiger partial charge in [-0.05, 0) is 25.0 Å². The maximum absolute atomic E-state index is 11.8. The lowest BCUT2D eigenvalue weighted by atomic mass is 10.1. The molecule has 4 nitrogen and oxygen atoms in total. The summed E-state index contributed by atoms with van der Waals surface area (Å²) in [6.07, 6.45) is 3.39. The second-order valence-corrected chi connectivity index (χ2v) is 5.18. The number of carbonyl (C=O) groups excluding carboxylic acids is 1. The lowest BCUT2D eigenvalue weighted by Crippen LogP contribution is -2.21. The van der Waals surface area contributed by atoms with E-state index < -0.39 is 5.41 Å². The molecule has 2 aromatic heterocycles. The maximum Gasteiger partial charge on any atom is 0.318 e. The smallest absolute Gasteiger partial charge is 0.318 e. The number of esters is 1. The van der Waals surface area contributed by atoms with Gasteiger partial charge in [0.15, 0.2) is 0 Å². The fraction of sp³-hybridized carbons (Fsp3) is 0.308. The SMILES string of the molecule is COC(=O)C1(c2nc(-c3ccccn3)cs2)CC1. The van der Waals surface area contributed by atoms with Crippen molar-refractivity contribution in [3.8, 4) is 11.4 Å². The molecule has 0 aromatic carbocycles. The average molecular weight is 260 g/mol. The van der Waals surface area contributed by atoms with Crippen molar-refractivity contribution < 1.29 is 9.53 Å². The third-order valence-corrected chi connectivity index (χ3v) is 4.21. The summed E-state index contributed by atoms with van der Waals surface area (Å²) in [6, 6.07) is 5.71. The number of rotatable bonds is 3. The summed E-state index contributed by atoms with van der Waals surface area (Å²) >= 11 is 1.51. The van der Waals surface area contributed by atoms with Crippen molar-refractivity contribution >= 4 is 17.3 Å². The number of ether oxygens (including phenoxy) is 1. The molecule has 0 amide bonds. The van der Waals surface area contributed by atoms with Gasteiger partial charge in [-0.2, -0.15) is 0 Å². The minimum atomic E-state index is -0.480. The molecule has 0 atom stereocenters. The molecule has 0 saturated heterocycles. The third kappa shape index (κ3) is 1.71. The molecule has 2 heterocycles. The fourth-order valence-electron chi connectivity index (χ4n) is 1.95. The largest absolute Gasteiger partial charge is 0.468 e. The van der Waals surface area contributed by atoms with Crippen LogP contribution in [0.2, 0.25) is 0 Å². The Morgan fingerprint density at radius 2 is 2.22 bits per heavy atom. The summed E-state index contributed by atoms with van der Waals surface area (Å²) in [6.45, 7) is 0. The van der Waals surface area contributed by atoms with E-state index >= 15 is 0 Å².